The fourth-order valence-electron chi connectivity index (χ4n) is 3.05. The zero-order valence-corrected chi connectivity index (χ0v) is 20.3. The molecule has 11 heteroatoms. The molecule has 0 spiro atoms. The van der Waals surface area contributed by atoms with Crippen LogP contribution in [0, 0.1) is 0 Å². The summed E-state index contributed by atoms with van der Waals surface area (Å²) in [6.45, 7) is 2.58. The third-order valence-corrected chi connectivity index (χ3v) is 6.69. The van der Waals surface area contributed by atoms with E-state index in [2.05, 4.69) is 15.5 Å². The summed E-state index contributed by atoms with van der Waals surface area (Å²) in [7, 11) is -1.90. The van der Waals surface area contributed by atoms with Crippen molar-refractivity contribution in [1.29, 1.82) is 0 Å². The Labute approximate surface area is 197 Å². The molecule has 1 heterocycles. The van der Waals surface area contributed by atoms with E-state index in [1.54, 1.807) is 31.4 Å². The minimum Gasteiger partial charge on any atom is -0.497 e. The number of amides is 1. The van der Waals surface area contributed by atoms with Crippen molar-refractivity contribution in [3.63, 3.8) is 0 Å². The van der Waals surface area contributed by atoms with Crippen LogP contribution in [0.3, 0.4) is 0 Å². The van der Waals surface area contributed by atoms with Crippen molar-refractivity contribution in [3.05, 3.63) is 48.5 Å². The van der Waals surface area contributed by atoms with Crippen LogP contribution >= 0.6 is 11.3 Å². The van der Waals surface area contributed by atoms with Crippen molar-refractivity contribution in [2.75, 3.05) is 36.1 Å². The minimum atomic E-state index is -3.50. The first kappa shape index (κ1) is 24.5. The lowest BCUT2D eigenvalue weighted by Gasteiger charge is -2.22. The molecule has 0 bridgehead atoms. The van der Waals surface area contributed by atoms with E-state index in [-0.39, 0.29) is 18.9 Å². The molecule has 1 amide bonds. The Morgan fingerprint density at radius 2 is 1.73 bits per heavy atom. The Bertz CT molecular complexity index is 1160. The molecule has 0 unspecified atom stereocenters. The lowest BCUT2D eigenvalue weighted by atomic mass is 10.2. The summed E-state index contributed by atoms with van der Waals surface area (Å²) in [4.78, 5) is 12.4. The van der Waals surface area contributed by atoms with Crippen LogP contribution in [0.25, 0.3) is 10.6 Å². The number of carbonyl (C=O) groups is 1. The topological polar surface area (TPSA) is 111 Å². The summed E-state index contributed by atoms with van der Waals surface area (Å²) in [6, 6.07) is 14.2. The minimum absolute atomic E-state index is 0.139. The molecule has 33 heavy (non-hydrogen) atoms. The van der Waals surface area contributed by atoms with E-state index in [9.17, 15) is 13.2 Å². The smallest absolute Gasteiger partial charge is 0.232 e. The molecule has 3 rings (SSSR count). The number of benzene rings is 2. The van der Waals surface area contributed by atoms with Gasteiger partial charge >= 0.3 is 0 Å². The molecule has 1 N–H and O–H groups in total. The third kappa shape index (κ3) is 6.90. The quantitative estimate of drug-likeness (QED) is 0.435. The van der Waals surface area contributed by atoms with Gasteiger partial charge < -0.3 is 14.8 Å². The molecule has 0 saturated carbocycles. The lowest BCUT2D eigenvalue weighted by Crippen LogP contribution is -2.31. The molecule has 0 aliphatic carbocycles. The second kappa shape index (κ2) is 11.1. The van der Waals surface area contributed by atoms with Gasteiger partial charge in [-0.25, -0.2) is 8.42 Å². The van der Waals surface area contributed by atoms with Gasteiger partial charge in [-0.3, -0.25) is 9.10 Å². The highest BCUT2D eigenvalue weighted by Crippen LogP contribution is 2.28. The van der Waals surface area contributed by atoms with Crippen molar-refractivity contribution in [1.82, 2.24) is 10.2 Å². The average molecular weight is 491 g/mol. The maximum atomic E-state index is 12.4. The Morgan fingerprint density at radius 3 is 2.33 bits per heavy atom. The molecule has 0 radical (unpaired) electrons. The lowest BCUT2D eigenvalue weighted by molar-refractivity contribution is -0.116. The van der Waals surface area contributed by atoms with Crippen molar-refractivity contribution in [2.45, 2.75) is 19.8 Å². The van der Waals surface area contributed by atoms with Gasteiger partial charge in [0.25, 0.3) is 0 Å². The number of sulfonamides is 1. The molecule has 176 valence electrons. The highest BCUT2D eigenvalue weighted by Gasteiger charge is 2.18. The zero-order chi connectivity index (χ0) is 23.8. The van der Waals surface area contributed by atoms with E-state index in [0.717, 1.165) is 17.6 Å². The summed E-state index contributed by atoms with van der Waals surface area (Å²) >= 11 is 1.26. The van der Waals surface area contributed by atoms with Crippen LogP contribution in [0.1, 0.15) is 19.8 Å². The number of hydrogen-bond donors (Lipinski definition) is 1. The van der Waals surface area contributed by atoms with Gasteiger partial charge in [0, 0.05) is 18.5 Å². The monoisotopic (exact) mass is 490 g/mol. The van der Waals surface area contributed by atoms with Crippen LogP contribution in [0.2, 0.25) is 0 Å². The molecule has 9 nitrogen and oxygen atoms in total. The molecule has 0 saturated heterocycles. The second-order valence-electron chi connectivity index (χ2n) is 7.05. The number of aromatic nitrogens is 2. The first-order chi connectivity index (χ1) is 15.8. The van der Waals surface area contributed by atoms with Gasteiger partial charge in [0.05, 0.1) is 25.7 Å². The summed E-state index contributed by atoms with van der Waals surface area (Å²) < 4.78 is 36.3. The SMILES string of the molecule is CCOc1ccc(N(CCCC(=O)Nc2nnc(-c3ccc(OC)cc3)s2)S(C)(=O)=O)cc1. The van der Waals surface area contributed by atoms with Crippen LogP contribution in [-0.2, 0) is 14.8 Å². The number of nitrogens with one attached hydrogen (secondary N) is 1. The zero-order valence-electron chi connectivity index (χ0n) is 18.6. The van der Waals surface area contributed by atoms with Crippen molar-refractivity contribution >= 4 is 38.1 Å². The largest absolute Gasteiger partial charge is 0.497 e. The van der Waals surface area contributed by atoms with Crippen molar-refractivity contribution in [3.8, 4) is 22.1 Å². The number of anilines is 2. The third-order valence-electron chi connectivity index (χ3n) is 4.61. The summed E-state index contributed by atoms with van der Waals surface area (Å²) in [6.07, 6.45) is 1.63. The Hall–Kier alpha value is -3.18. The number of rotatable bonds is 11. The maximum absolute atomic E-state index is 12.4. The van der Waals surface area contributed by atoms with Gasteiger partial charge in [-0.15, -0.1) is 10.2 Å². The fraction of sp³-hybridized carbons (Fsp3) is 0.318. The van der Waals surface area contributed by atoms with E-state index in [0.29, 0.717) is 34.6 Å². The van der Waals surface area contributed by atoms with Gasteiger partial charge in [-0.2, -0.15) is 0 Å². The standard InChI is InChI=1S/C22H26N4O5S2/c1-4-31-19-13-9-17(10-14-19)26(33(3,28)29)15-5-6-20(27)23-22-25-24-21(32-22)16-7-11-18(30-2)12-8-16/h7-14H,4-6,15H2,1-3H3,(H,23,25,27). The molecule has 1 aromatic heterocycles. The van der Waals surface area contributed by atoms with Crippen LogP contribution in [0.5, 0.6) is 11.5 Å². The van der Waals surface area contributed by atoms with Crippen LogP contribution in [0.4, 0.5) is 10.8 Å². The predicted octanol–water partition coefficient (Wildman–Crippen LogP) is 3.80. The van der Waals surface area contributed by atoms with Gasteiger partial charge in [-0.05, 0) is 61.9 Å². The molecular weight excluding hydrogens is 464 g/mol. The Morgan fingerprint density at radius 1 is 1.06 bits per heavy atom. The summed E-state index contributed by atoms with van der Waals surface area (Å²) in [5.74, 6) is 1.15. The molecule has 3 aromatic rings. The van der Waals surface area contributed by atoms with E-state index in [1.165, 1.54) is 15.6 Å². The molecule has 0 fully saturated rings. The number of nitrogens with zero attached hydrogens (tertiary/aromatic N) is 3. The summed E-state index contributed by atoms with van der Waals surface area (Å²) in [5, 5.41) is 11.9. The van der Waals surface area contributed by atoms with Crippen molar-refractivity contribution < 1.29 is 22.7 Å². The van der Waals surface area contributed by atoms with E-state index in [1.807, 2.05) is 31.2 Å². The normalized spacial score (nSPS) is 11.1. The summed E-state index contributed by atoms with van der Waals surface area (Å²) in [5.41, 5.74) is 1.39. The molecular formula is C22H26N4O5S2. The van der Waals surface area contributed by atoms with Crippen LogP contribution < -0.4 is 19.1 Å². The molecule has 2 aromatic carbocycles. The van der Waals surface area contributed by atoms with Crippen LogP contribution in [0.15, 0.2) is 48.5 Å². The van der Waals surface area contributed by atoms with Gasteiger partial charge in [0.2, 0.25) is 21.1 Å². The highest BCUT2D eigenvalue weighted by atomic mass is 32.2. The average Bonchev–Trinajstić information content (AvgIpc) is 3.25. The number of methoxy groups -OCH3 is 1. The maximum Gasteiger partial charge on any atom is 0.232 e. The molecule has 0 aliphatic rings. The Kier molecular flexibility index (Phi) is 8.23. The second-order valence-corrected chi connectivity index (χ2v) is 9.94. The first-order valence-corrected chi connectivity index (χ1v) is 12.9. The fourth-order valence-corrected chi connectivity index (χ4v) is 4.78. The first-order valence-electron chi connectivity index (χ1n) is 10.3. The van der Waals surface area contributed by atoms with Gasteiger partial charge in [0.15, 0.2) is 0 Å². The molecule has 0 aliphatic heterocycles. The molecule has 0 atom stereocenters. The van der Waals surface area contributed by atoms with Crippen molar-refractivity contribution in [2.24, 2.45) is 0 Å². The van der Waals surface area contributed by atoms with E-state index >= 15 is 0 Å². The van der Waals surface area contributed by atoms with E-state index in [4.69, 9.17) is 9.47 Å². The number of hydrogen-bond acceptors (Lipinski definition) is 8. The number of ether oxygens (including phenoxy) is 2. The van der Waals surface area contributed by atoms with Gasteiger partial charge in [-0.1, -0.05) is 11.3 Å². The Balaban J connectivity index is 1.55. The highest BCUT2D eigenvalue weighted by molar-refractivity contribution is 7.92. The van der Waals surface area contributed by atoms with E-state index < -0.39 is 10.0 Å². The van der Waals surface area contributed by atoms with Crippen LogP contribution in [-0.4, -0.2) is 51.0 Å². The number of carbonyl (C=O) groups excluding carboxylic acids is 1. The predicted molar refractivity (Wildman–Crippen MR) is 130 cm³/mol. The van der Waals surface area contributed by atoms with Gasteiger partial charge in [0.1, 0.15) is 16.5 Å².